The van der Waals surface area contributed by atoms with E-state index in [0.717, 1.165) is 17.0 Å². The van der Waals surface area contributed by atoms with E-state index in [4.69, 9.17) is 0 Å². The summed E-state index contributed by atoms with van der Waals surface area (Å²) in [4.78, 5) is 4.90. The molecule has 2 aromatic rings. The lowest BCUT2D eigenvalue weighted by Gasteiger charge is -2.11. The topological polar surface area (TPSA) is 88.4 Å². The van der Waals surface area contributed by atoms with E-state index >= 15 is 0 Å². The van der Waals surface area contributed by atoms with E-state index in [2.05, 4.69) is 20.7 Å². The first-order valence-corrected chi connectivity index (χ1v) is 10.3. The Kier molecular flexibility index (Phi) is 9.23. The molecule has 0 bridgehead atoms. The van der Waals surface area contributed by atoms with Gasteiger partial charge in [-0.3, -0.25) is 4.68 Å². The first-order valence-electron chi connectivity index (χ1n) is 8.64. The van der Waals surface area contributed by atoms with Gasteiger partial charge in [0, 0.05) is 31.4 Å². The minimum absolute atomic E-state index is 0. The van der Waals surface area contributed by atoms with Crippen LogP contribution in [0.4, 0.5) is 0 Å². The number of halogens is 1. The molecule has 0 aliphatic rings. The molecule has 2 rings (SSSR count). The molecular formula is C18H28IN5O2S. The number of benzene rings is 1. The summed E-state index contributed by atoms with van der Waals surface area (Å²) in [5.41, 5.74) is 3.12. The van der Waals surface area contributed by atoms with Crippen LogP contribution in [-0.2, 0) is 23.4 Å². The van der Waals surface area contributed by atoms with Gasteiger partial charge < -0.3 is 10.6 Å². The monoisotopic (exact) mass is 505 g/mol. The molecule has 0 spiro atoms. The predicted octanol–water partition coefficient (Wildman–Crippen LogP) is 2.18. The van der Waals surface area contributed by atoms with Crippen molar-refractivity contribution < 1.29 is 8.42 Å². The molecule has 2 N–H and O–H groups in total. The number of nitrogens with zero attached hydrogens (tertiary/aromatic N) is 3. The molecule has 0 radical (unpaired) electrons. The quantitative estimate of drug-likeness (QED) is 0.342. The van der Waals surface area contributed by atoms with Gasteiger partial charge in [0.25, 0.3) is 0 Å². The zero-order valence-electron chi connectivity index (χ0n) is 16.2. The van der Waals surface area contributed by atoms with Crippen LogP contribution in [-0.4, -0.2) is 43.0 Å². The SMILES string of the molecule is CCNC(=NCc1c(C)nn(C)c1C)NCCS(=O)(=O)c1ccccc1.I. The standard InChI is InChI=1S/C18H27N5O2S.HI/c1-5-19-18(21-13-17-14(2)22-23(4)15(17)3)20-11-12-26(24,25)16-9-7-6-8-10-16;/h6-10H,5,11-13H2,1-4H3,(H2,19,20,21);1H. The molecule has 0 aliphatic carbocycles. The number of hydrogen-bond acceptors (Lipinski definition) is 4. The third kappa shape index (κ3) is 6.49. The molecule has 27 heavy (non-hydrogen) atoms. The van der Waals surface area contributed by atoms with Crippen LogP contribution in [0.2, 0.25) is 0 Å². The molecule has 1 aromatic heterocycles. The maximum absolute atomic E-state index is 12.3. The number of guanidine groups is 1. The minimum atomic E-state index is -3.31. The molecule has 0 unspecified atom stereocenters. The number of rotatable bonds is 7. The number of sulfone groups is 1. The molecular weight excluding hydrogens is 477 g/mol. The number of aliphatic imine (C=N–C) groups is 1. The Morgan fingerprint density at radius 2 is 1.85 bits per heavy atom. The number of aryl methyl sites for hydroxylation is 2. The van der Waals surface area contributed by atoms with Gasteiger partial charge in [0.2, 0.25) is 0 Å². The van der Waals surface area contributed by atoms with Gasteiger partial charge in [-0.2, -0.15) is 5.10 Å². The smallest absolute Gasteiger partial charge is 0.191 e. The highest BCUT2D eigenvalue weighted by Gasteiger charge is 2.14. The van der Waals surface area contributed by atoms with Gasteiger partial charge in [-0.1, -0.05) is 18.2 Å². The number of aromatic nitrogens is 2. The molecule has 9 heteroatoms. The average molecular weight is 505 g/mol. The second-order valence-electron chi connectivity index (χ2n) is 6.03. The molecule has 7 nitrogen and oxygen atoms in total. The second-order valence-corrected chi connectivity index (χ2v) is 8.14. The van der Waals surface area contributed by atoms with E-state index < -0.39 is 9.84 Å². The van der Waals surface area contributed by atoms with Crippen LogP contribution in [0.15, 0.2) is 40.2 Å². The Morgan fingerprint density at radius 3 is 2.41 bits per heavy atom. The highest BCUT2D eigenvalue weighted by atomic mass is 127. The van der Waals surface area contributed by atoms with Crippen LogP contribution in [0.5, 0.6) is 0 Å². The first kappa shape index (κ1) is 23.4. The maximum atomic E-state index is 12.3. The van der Waals surface area contributed by atoms with Gasteiger partial charge >= 0.3 is 0 Å². The van der Waals surface area contributed by atoms with E-state index in [9.17, 15) is 8.42 Å². The van der Waals surface area contributed by atoms with E-state index in [1.807, 2.05) is 32.5 Å². The summed E-state index contributed by atoms with van der Waals surface area (Å²) in [6.07, 6.45) is 0. The maximum Gasteiger partial charge on any atom is 0.191 e. The summed E-state index contributed by atoms with van der Waals surface area (Å²) in [5.74, 6) is 0.602. The van der Waals surface area contributed by atoms with Gasteiger partial charge in [-0.05, 0) is 32.9 Å². The van der Waals surface area contributed by atoms with Crippen molar-refractivity contribution in [3.8, 4) is 0 Å². The molecule has 0 saturated carbocycles. The lowest BCUT2D eigenvalue weighted by molar-refractivity contribution is 0.594. The van der Waals surface area contributed by atoms with E-state index in [1.165, 1.54) is 0 Å². The van der Waals surface area contributed by atoms with Gasteiger partial charge in [0.1, 0.15) is 0 Å². The van der Waals surface area contributed by atoms with Crippen molar-refractivity contribution in [2.45, 2.75) is 32.2 Å². The van der Waals surface area contributed by atoms with E-state index in [0.29, 0.717) is 23.9 Å². The molecule has 0 amide bonds. The van der Waals surface area contributed by atoms with E-state index in [1.54, 1.807) is 30.3 Å². The van der Waals surface area contributed by atoms with Crippen LogP contribution < -0.4 is 10.6 Å². The van der Waals surface area contributed by atoms with E-state index in [-0.39, 0.29) is 36.3 Å². The summed E-state index contributed by atoms with van der Waals surface area (Å²) >= 11 is 0. The molecule has 1 aromatic carbocycles. The summed E-state index contributed by atoms with van der Waals surface area (Å²) in [7, 11) is -1.40. The van der Waals surface area contributed by atoms with Crippen molar-refractivity contribution in [1.29, 1.82) is 0 Å². The van der Waals surface area contributed by atoms with Gasteiger partial charge in [0.15, 0.2) is 15.8 Å². The van der Waals surface area contributed by atoms with Crippen molar-refractivity contribution in [3.63, 3.8) is 0 Å². The van der Waals surface area contributed by atoms with Crippen molar-refractivity contribution in [2.24, 2.45) is 12.0 Å². The molecule has 1 heterocycles. The van der Waals surface area contributed by atoms with Crippen LogP contribution in [0.25, 0.3) is 0 Å². The Balaban J connectivity index is 0.00000364. The molecule has 150 valence electrons. The highest BCUT2D eigenvalue weighted by Crippen LogP contribution is 2.13. The lowest BCUT2D eigenvalue weighted by atomic mass is 10.2. The Morgan fingerprint density at radius 1 is 1.19 bits per heavy atom. The molecule has 0 atom stereocenters. The summed E-state index contributed by atoms with van der Waals surface area (Å²) in [6.45, 7) is 7.42. The fourth-order valence-electron chi connectivity index (χ4n) is 2.60. The van der Waals surface area contributed by atoms with Gasteiger partial charge in [-0.15, -0.1) is 24.0 Å². The van der Waals surface area contributed by atoms with Crippen LogP contribution in [0.1, 0.15) is 23.9 Å². The fourth-order valence-corrected chi connectivity index (χ4v) is 3.77. The summed E-state index contributed by atoms with van der Waals surface area (Å²) in [5, 5.41) is 10.6. The summed E-state index contributed by atoms with van der Waals surface area (Å²) < 4.78 is 26.5. The number of hydrogen-bond donors (Lipinski definition) is 2. The largest absolute Gasteiger partial charge is 0.357 e. The minimum Gasteiger partial charge on any atom is -0.357 e. The van der Waals surface area contributed by atoms with Crippen molar-refractivity contribution in [3.05, 3.63) is 47.3 Å². The Bertz CT molecular complexity index is 863. The Labute approximate surface area is 178 Å². The average Bonchev–Trinajstić information content (AvgIpc) is 2.85. The Hall–Kier alpha value is -1.62. The van der Waals surface area contributed by atoms with Gasteiger partial charge in [-0.25, -0.2) is 13.4 Å². The second kappa shape index (κ2) is 10.6. The predicted molar refractivity (Wildman–Crippen MR) is 119 cm³/mol. The third-order valence-electron chi connectivity index (χ3n) is 4.16. The van der Waals surface area contributed by atoms with Crippen molar-refractivity contribution in [1.82, 2.24) is 20.4 Å². The third-order valence-corrected chi connectivity index (χ3v) is 5.90. The van der Waals surface area contributed by atoms with Crippen LogP contribution in [0, 0.1) is 13.8 Å². The fraction of sp³-hybridized carbons (Fsp3) is 0.444. The zero-order chi connectivity index (χ0) is 19.2. The normalized spacial score (nSPS) is 11.8. The molecule has 0 aliphatic heterocycles. The number of nitrogens with one attached hydrogen (secondary N) is 2. The molecule has 0 fully saturated rings. The van der Waals surface area contributed by atoms with Crippen LogP contribution in [0.3, 0.4) is 0 Å². The van der Waals surface area contributed by atoms with Crippen LogP contribution >= 0.6 is 24.0 Å². The highest BCUT2D eigenvalue weighted by molar-refractivity contribution is 14.0. The molecule has 0 saturated heterocycles. The summed E-state index contributed by atoms with van der Waals surface area (Å²) in [6, 6.07) is 8.48. The van der Waals surface area contributed by atoms with Gasteiger partial charge in [0.05, 0.1) is 22.9 Å². The first-order chi connectivity index (χ1) is 12.3. The van der Waals surface area contributed by atoms with Crippen molar-refractivity contribution in [2.75, 3.05) is 18.8 Å². The zero-order valence-corrected chi connectivity index (χ0v) is 19.3. The van der Waals surface area contributed by atoms with Crippen molar-refractivity contribution >= 4 is 39.8 Å². The lowest BCUT2D eigenvalue weighted by Crippen LogP contribution is -2.39.